The van der Waals surface area contributed by atoms with Crippen LogP contribution in [0.4, 0.5) is 0 Å². The van der Waals surface area contributed by atoms with Gasteiger partial charge < -0.3 is 10.2 Å². The van der Waals surface area contributed by atoms with Crippen LogP contribution in [0.15, 0.2) is 24.3 Å². The van der Waals surface area contributed by atoms with Crippen molar-refractivity contribution in [2.45, 2.75) is 33.2 Å². The number of benzene rings is 1. The second-order valence-corrected chi connectivity index (χ2v) is 4.82. The van der Waals surface area contributed by atoms with E-state index >= 15 is 0 Å². The molecule has 0 spiro atoms. The Morgan fingerprint density at radius 1 is 1.41 bits per heavy atom. The van der Waals surface area contributed by atoms with Crippen LogP contribution in [0.2, 0.25) is 0 Å². The molecule has 3 heteroatoms. The highest BCUT2D eigenvalue weighted by Crippen LogP contribution is 2.06. The van der Waals surface area contributed by atoms with Crippen LogP contribution in [-0.4, -0.2) is 23.6 Å². The van der Waals surface area contributed by atoms with Crippen LogP contribution in [0.1, 0.15) is 30.9 Å². The number of aryl methyl sites for hydroxylation is 1. The molecule has 0 fully saturated rings. The maximum absolute atomic E-state index is 5.34. The van der Waals surface area contributed by atoms with E-state index in [0.29, 0.717) is 0 Å². The Morgan fingerprint density at radius 3 is 2.82 bits per heavy atom. The number of unbranched alkanes of at least 4 members (excludes halogenated alkanes) is 1. The van der Waals surface area contributed by atoms with Gasteiger partial charge >= 0.3 is 0 Å². The Balaban J connectivity index is 2.43. The third-order valence-electron chi connectivity index (χ3n) is 2.66. The predicted molar refractivity (Wildman–Crippen MR) is 78.2 cm³/mol. The Labute approximate surface area is 110 Å². The van der Waals surface area contributed by atoms with Gasteiger partial charge in [0.15, 0.2) is 5.11 Å². The van der Waals surface area contributed by atoms with Crippen LogP contribution in [0.25, 0.3) is 0 Å². The molecule has 94 valence electrons. The zero-order chi connectivity index (χ0) is 12.7. The second-order valence-electron chi connectivity index (χ2n) is 4.43. The summed E-state index contributed by atoms with van der Waals surface area (Å²) in [7, 11) is 2.03. The van der Waals surface area contributed by atoms with Crippen molar-refractivity contribution in [2.75, 3.05) is 13.6 Å². The first-order valence-electron chi connectivity index (χ1n) is 6.18. The molecule has 1 N–H and O–H groups in total. The van der Waals surface area contributed by atoms with Crippen molar-refractivity contribution in [1.82, 2.24) is 10.2 Å². The lowest BCUT2D eigenvalue weighted by molar-refractivity contribution is 0.487. The monoisotopic (exact) mass is 250 g/mol. The summed E-state index contributed by atoms with van der Waals surface area (Å²) in [6, 6.07) is 8.54. The molecule has 0 aliphatic rings. The minimum atomic E-state index is 0.833. The van der Waals surface area contributed by atoms with Gasteiger partial charge in [0.25, 0.3) is 0 Å². The second kappa shape index (κ2) is 7.28. The minimum Gasteiger partial charge on any atom is -0.363 e. The lowest BCUT2D eigenvalue weighted by Gasteiger charge is -2.21. The zero-order valence-electron chi connectivity index (χ0n) is 11.0. The maximum Gasteiger partial charge on any atom is 0.168 e. The van der Waals surface area contributed by atoms with Gasteiger partial charge in [0, 0.05) is 20.1 Å². The van der Waals surface area contributed by atoms with Gasteiger partial charge in [0.2, 0.25) is 0 Å². The van der Waals surface area contributed by atoms with Crippen LogP contribution in [-0.2, 0) is 6.54 Å². The molecule has 0 aromatic heterocycles. The Morgan fingerprint density at radius 2 is 2.18 bits per heavy atom. The molecule has 0 bridgehead atoms. The van der Waals surface area contributed by atoms with Crippen molar-refractivity contribution >= 4 is 17.3 Å². The van der Waals surface area contributed by atoms with Crippen LogP contribution in [0.5, 0.6) is 0 Å². The van der Waals surface area contributed by atoms with E-state index in [1.165, 1.54) is 24.0 Å². The van der Waals surface area contributed by atoms with Gasteiger partial charge in [-0.05, 0) is 31.1 Å². The van der Waals surface area contributed by atoms with Gasteiger partial charge in [-0.3, -0.25) is 0 Å². The lowest BCUT2D eigenvalue weighted by atomic mass is 10.1. The highest BCUT2D eigenvalue weighted by atomic mass is 32.1. The van der Waals surface area contributed by atoms with Crippen molar-refractivity contribution in [2.24, 2.45) is 0 Å². The Hall–Kier alpha value is -1.09. The highest BCUT2D eigenvalue weighted by Gasteiger charge is 2.04. The maximum atomic E-state index is 5.34. The number of nitrogens with zero attached hydrogens (tertiary/aromatic N) is 1. The standard InChI is InChI=1S/C14H22N2S/c1-4-5-9-15-14(17)16(3)11-13-8-6-7-12(2)10-13/h6-8,10H,4-5,9,11H2,1-3H3,(H,15,17). The number of rotatable bonds is 5. The first-order valence-corrected chi connectivity index (χ1v) is 6.59. The van der Waals surface area contributed by atoms with Crippen molar-refractivity contribution in [1.29, 1.82) is 0 Å². The molecule has 0 heterocycles. The Bertz CT molecular complexity index is 363. The van der Waals surface area contributed by atoms with Crippen LogP contribution in [0, 0.1) is 6.92 Å². The smallest absolute Gasteiger partial charge is 0.168 e. The van der Waals surface area contributed by atoms with Crippen LogP contribution in [0.3, 0.4) is 0 Å². The summed E-state index contributed by atoms with van der Waals surface area (Å²) in [5, 5.41) is 4.11. The van der Waals surface area contributed by atoms with Gasteiger partial charge in [-0.1, -0.05) is 43.2 Å². The molecule has 0 amide bonds. The van der Waals surface area contributed by atoms with Crippen molar-refractivity contribution < 1.29 is 0 Å². The molecule has 0 saturated heterocycles. The van der Waals surface area contributed by atoms with Gasteiger partial charge in [-0.15, -0.1) is 0 Å². The number of hydrogen-bond donors (Lipinski definition) is 1. The summed E-state index contributed by atoms with van der Waals surface area (Å²) in [5.41, 5.74) is 2.59. The van der Waals surface area contributed by atoms with E-state index < -0.39 is 0 Å². The van der Waals surface area contributed by atoms with Crippen molar-refractivity contribution in [3.8, 4) is 0 Å². The summed E-state index contributed by atoms with van der Waals surface area (Å²) >= 11 is 5.34. The highest BCUT2D eigenvalue weighted by molar-refractivity contribution is 7.80. The normalized spacial score (nSPS) is 10.1. The fourth-order valence-corrected chi connectivity index (χ4v) is 1.83. The molecule has 1 aromatic carbocycles. The first kappa shape index (κ1) is 14.0. The van der Waals surface area contributed by atoms with E-state index in [1.54, 1.807) is 0 Å². The molecular weight excluding hydrogens is 228 g/mol. The van der Waals surface area contributed by atoms with E-state index in [9.17, 15) is 0 Å². The lowest BCUT2D eigenvalue weighted by Crippen LogP contribution is -2.36. The van der Waals surface area contributed by atoms with Crippen molar-refractivity contribution in [3.05, 3.63) is 35.4 Å². The minimum absolute atomic E-state index is 0.833. The number of hydrogen-bond acceptors (Lipinski definition) is 1. The molecule has 1 aromatic rings. The fourth-order valence-electron chi connectivity index (χ4n) is 1.66. The van der Waals surface area contributed by atoms with Gasteiger partial charge in [0.05, 0.1) is 0 Å². The van der Waals surface area contributed by atoms with Gasteiger partial charge in [-0.2, -0.15) is 0 Å². The van der Waals surface area contributed by atoms with Crippen LogP contribution < -0.4 is 5.32 Å². The zero-order valence-corrected chi connectivity index (χ0v) is 11.8. The van der Waals surface area contributed by atoms with Gasteiger partial charge in [0.1, 0.15) is 0 Å². The molecule has 0 aliphatic carbocycles. The molecule has 0 unspecified atom stereocenters. The third kappa shape index (κ3) is 5.18. The SMILES string of the molecule is CCCCNC(=S)N(C)Cc1cccc(C)c1. The summed E-state index contributed by atoms with van der Waals surface area (Å²) < 4.78 is 0. The number of thiocarbonyl (C=S) groups is 1. The summed E-state index contributed by atoms with van der Waals surface area (Å²) in [6.45, 7) is 6.12. The average molecular weight is 250 g/mol. The molecule has 2 nitrogen and oxygen atoms in total. The fraction of sp³-hybridized carbons (Fsp3) is 0.500. The molecular formula is C14H22N2S. The van der Waals surface area contributed by atoms with E-state index in [2.05, 4.69) is 48.3 Å². The molecule has 0 aliphatic heterocycles. The largest absolute Gasteiger partial charge is 0.363 e. The van der Waals surface area contributed by atoms with E-state index in [0.717, 1.165) is 18.2 Å². The van der Waals surface area contributed by atoms with Crippen LogP contribution >= 0.6 is 12.2 Å². The van der Waals surface area contributed by atoms with Crippen molar-refractivity contribution in [3.63, 3.8) is 0 Å². The van der Waals surface area contributed by atoms with E-state index in [-0.39, 0.29) is 0 Å². The Kier molecular flexibility index (Phi) is 5.98. The van der Waals surface area contributed by atoms with E-state index in [4.69, 9.17) is 12.2 Å². The molecule has 0 atom stereocenters. The topological polar surface area (TPSA) is 15.3 Å². The summed E-state index contributed by atoms with van der Waals surface area (Å²) in [6.07, 6.45) is 2.36. The number of nitrogens with one attached hydrogen (secondary N) is 1. The molecule has 17 heavy (non-hydrogen) atoms. The summed E-state index contributed by atoms with van der Waals surface area (Å²) in [4.78, 5) is 2.08. The van der Waals surface area contributed by atoms with Gasteiger partial charge in [-0.25, -0.2) is 0 Å². The molecule has 1 rings (SSSR count). The average Bonchev–Trinajstić information content (AvgIpc) is 2.29. The molecule has 0 saturated carbocycles. The first-order chi connectivity index (χ1) is 8.13. The predicted octanol–water partition coefficient (Wildman–Crippen LogP) is 3.10. The molecule has 0 radical (unpaired) electrons. The quantitative estimate of drug-likeness (QED) is 0.638. The summed E-state index contributed by atoms with van der Waals surface area (Å²) in [5.74, 6) is 0. The third-order valence-corrected chi connectivity index (χ3v) is 3.11. The van der Waals surface area contributed by atoms with E-state index in [1.807, 2.05) is 7.05 Å².